The molecule has 0 amide bonds. The predicted molar refractivity (Wildman–Crippen MR) is 72.2 cm³/mol. The van der Waals surface area contributed by atoms with Crippen LogP contribution in [0.1, 0.15) is 34.9 Å². The molecule has 1 aliphatic rings. The highest BCUT2D eigenvalue weighted by atomic mass is 32.2. The van der Waals surface area contributed by atoms with Gasteiger partial charge in [-0.3, -0.25) is 4.79 Å². The number of nitrogens with one attached hydrogen (secondary N) is 1. The molecule has 0 spiro atoms. The zero-order valence-electron chi connectivity index (χ0n) is 10.4. The Morgan fingerprint density at radius 1 is 1.35 bits per heavy atom. The van der Waals surface area contributed by atoms with E-state index in [0.29, 0.717) is 16.0 Å². The van der Waals surface area contributed by atoms with E-state index in [1.807, 2.05) is 0 Å². The molecule has 0 unspecified atom stereocenters. The third-order valence-electron chi connectivity index (χ3n) is 2.89. The Bertz CT molecular complexity index is 708. The molecule has 2 aromatic rings. The average Bonchev–Trinajstić information content (AvgIpc) is 3.23. The highest BCUT2D eigenvalue weighted by Crippen LogP contribution is 2.38. The van der Waals surface area contributed by atoms with Crippen LogP contribution in [0.5, 0.6) is 0 Å². The van der Waals surface area contributed by atoms with Crippen LogP contribution in [0.15, 0.2) is 39.2 Å². The lowest BCUT2D eigenvalue weighted by Gasteiger charge is -2.03. The molecule has 1 saturated carbocycles. The van der Waals surface area contributed by atoms with Gasteiger partial charge in [0.25, 0.3) is 5.56 Å². The van der Waals surface area contributed by atoms with Crippen molar-refractivity contribution >= 4 is 17.7 Å². The minimum Gasteiger partial charge on any atom is -0.478 e. The Morgan fingerprint density at radius 3 is 2.75 bits per heavy atom. The molecule has 1 fully saturated rings. The van der Waals surface area contributed by atoms with Crippen LogP contribution in [-0.4, -0.2) is 26.0 Å². The van der Waals surface area contributed by atoms with Crippen molar-refractivity contribution in [3.8, 4) is 0 Å². The van der Waals surface area contributed by atoms with Crippen LogP contribution in [0.3, 0.4) is 0 Å². The first-order valence-electron chi connectivity index (χ1n) is 6.10. The van der Waals surface area contributed by atoms with Crippen LogP contribution in [0, 0.1) is 0 Å². The summed E-state index contributed by atoms with van der Waals surface area (Å²) >= 11 is 1.25. The van der Waals surface area contributed by atoms with Crippen molar-refractivity contribution in [2.45, 2.75) is 28.8 Å². The van der Waals surface area contributed by atoms with Gasteiger partial charge in [-0.15, -0.1) is 0 Å². The minimum atomic E-state index is -1.01. The molecule has 6 nitrogen and oxygen atoms in total. The summed E-state index contributed by atoms with van der Waals surface area (Å²) in [6.07, 6.45) is 3.41. The number of rotatable bonds is 4. The van der Waals surface area contributed by atoms with Gasteiger partial charge in [-0.25, -0.2) is 14.8 Å². The van der Waals surface area contributed by atoms with Gasteiger partial charge in [0, 0.05) is 18.2 Å². The van der Waals surface area contributed by atoms with Crippen LogP contribution >= 0.6 is 11.8 Å². The SMILES string of the molecule is O=C(O)c1ccc(Sc2cc(=O)[nH]c(C3CC3)n2)nc1. The summed E-state index contributed by atoms with van der Waals surface area (Å²) in [5.74, 6) is 0.0760. The van der Waals surface area contributed by atoms with E-state index in [1.165, 1.54) is 30.1 Å². The Hall–Kier alpha value is -2.15. The number of pyridine rings is 1. The summed E-state index contributed by atoms with van der Waals surface area (Å²) in [5, 5.41) is 9.98. The molecular weight excluding hydrogens is 278 g/mol. The number of aromatic amines is 1. The minimum absolute atomic E-state index is 0.131. The molecule has 0 bridgehead atoms. The summed E-state index contributed by atoms with van der Waals surface area (Å²) in [7, 11) is 0. The van der Waals surface area contributed by atoms with Gasteiger partial charge < -0.3 is 10.1 Å². The van der Waals surface area contributed by atoms with Gasteiger partial charge in [-0.05, 0) is 36.7 Å². The van der Waals surface area contributed by atoms with Gasteiger partial charge >= 0.3 is 5.97 Å². The van der Waals surface area contributed by atoms with Gasteiger partial charge in [-0.1, -0.05) is 0 Å². The molecular formula is C13H11N3O3S. The Kier molecular flexibility index (Phi) is 3.27. The maximum atomic E-state index is 11.6. The molecule has 0 saturated heterocycles. The average molecular weight is 289 g/mol. The van der Waals surface area contributed by atoms with Crippen molar-refractivity contribution in [3.05, 3.63) is 46.1 Å². The van der Waals surface area contributed by atoms with Crippen LogP contribution in [-0.2, 0) is 0 Å². The number of aromatic carboxylic acids is 1. The highest BCUT2D eigenvalue weighted by Gasteiger charge is 2.26. The Labute approximate surface area is 118 Å². The van der Waals surface area contributed by atoms with Crippen molar-refractivity contribution in [1.82, 2.24) is 15.0 Å². The number of carboxylic acids is 1. The largest absolute Gasteiger partial charge is 0.478 e. The van der Waals surface area contributed by atoms with Gasteiger partial charge in [0.2, 0.25) is 0 Å². The number of carboxylic acid groups (broad SMARTS) is 1. The normalized spacial score (nSPS) is 14.2. The number of hydrogen-bond donors (Lipinski definition) is 2. The smallest absolute Gasteiger partial charge is 0.337 e. The number of aromatic nitrogens is 3. The van der Waals surface area contributed by atoms with Crippen LogP contribution in [0.25, 0.3) is 0 Å². The molecule has 2 aromatic heterocycles. The topological polar surface area (TPSA) is 95.9 Å². The third-order valence-corrected chi connectivity index (χ3v) is 3.76. The van der Waals surface area contributed by atoms with Crippen LogP contribution in [0.2, 0.25) is 0 Å². The summed E-state index contributed by atoms with van der Waals surface area (Å²) in [5.41, 5.74) is -0.0431. The van der Waals surface area contributed by atoms with Crippen molar-refractivity contribution < 1.29 is 9.90 Å². The zero-order chi connectivity index (χ0) is 14.1. The second-order valence-corrected chi connectivity index (χ2v) is 5.58. The molecule has 0 aromatic carbocycles. The van der Waals surface area contributed by atoms with E-state index in [9.17, 15) is 9.59 Å². The molecule has 7 heteroatoms. The lowest BCUT2D eigenvalue weighted by atomic mass is 10.3. The summed E-state index contributed by atoms with van der Waals surface area (Å²) < 4.78 is 0. The fraction of sp³-hybridized carbons (Fsp3) is 0.231. The fourth-order valence-corrected chi connectivity index (χ4v) is 2.50. The van der Waals surface area contributed by atoms with Crippen molar-refractivity contribution in [2.24, 2.45) is 0 Å². The lowest BCUT2D eigenvalue weighted by Crippen LogP contribution is -2.10. The fourth-order valence-electron chi connectivity index (χ4n) is 1.73. The van der Waals surface area contributed by atoms with E-state index in [-0.39, 0.29) is 11.1 Å². The van der Waals surface area contributed by atoms with E-state index < -0.39 is 5.97 Å². The number of hydrogen-bond acceptors (Lipinski definition) is 5. The predicted octanol–water partition coefficient (Wildman–Crippen LogP) is 1.89. The maximum Gasteiger partial charge on any atom is 0.337 e. The zero-order valence-corrected chi connectivity index (χ0v) is 11.2. The van der Waals surface area contributed by atoms with E-state index in [1.54, 1.807) is 6.07 Å². The monoisotopic (exact) mass is 289 g/mol. The first-order chi connectivity index (χ1) is 9.61. The van der Waals surface area contributed by atoms with Gasteiger partial charge in [0.15, 0.2) is 0 Å². The molecule has 0 atom stereocenters. The molecule has 2 N–H and O–H groups in total. The first kappa shape index (κ1) is 12.9. The molecule has 0 radical (unpaired) electrons. The van der Waals surface area contributed by atoms with Crippen molar-refractivity contribution in [1.29, 1.82) is 0 Å². The molecule has 2 heterocycles. The molecule has 3 rings (SSSR count). The summed E-state index contributed by atoms with van der Waals surface area (Å²) in [6, 6.07) is 4.50. The second-order valence-electron chi connectivity index (χ2n) is 4.54. The summed E-state index contributed by atoms with van der Waals surface area (Å²) in [6.45, 7) is 0. The van der Waals surface area contributed by atoms with Crippen LogP contribution < -0.4 is 5.56 Å². The van der Waals surface area contributed by atoms with Crippen LogP contribution in [0.4, 0.5) is 0 Å². The van der Waals surface area contributed by atoms with E-state index >= 15 is 0 Å². The standard InChI is InChI=1S/C13H11N3O3S/c17-9-5-11(16-12(15-9)7-1-2-7)20-10-4-3-8(6-14-10)13(18)19/h3-7H,1-2H2,(H,18,19)(H,15,16,17). The van der Waals surface area contributed by atoms with E-state index in [0.717, 1.165) is 18.7 Å². The first-order valence-corrected chi connectivity index (χ1v) is 6.92. The third kappa shape index (κ3) is 2.88. The molecule has 0 aliphatic heterocycles. The van der Waals surface area contributed by atoms with Gasteiger partial charge in [0.05, 0.1) is 5.56 Å². The number of H-pyrrole nitrogens is 1. The highest BCUT2D eigenvalue weighted by molar-refractivity contribution is 7.99. The maximum absolute atomic E-state index is 11.6. The molecule has 20 heavy (non-hydrogen) atoms. The van der Waals surface area contributed by atoms with Crippen molar-refractivity contribution in [3.63, 3.8) is 0 Å². The number of nitrogens with zero attached hydrogens (tertiary/aromatic N) is 2. The molecule has 102 valence electrons. The van der Waals surface area contributed by atoms with E-state index in [4.69, 9.17) is 5.11 Å². The van der Waals surface area contributed by atoms with Crippen molar-refractivity contribution in [2.75, 3.05) is 0 Å². The Balaban J connectivity index is 1.83. The second kappa shape index (κ2) is 5.09. The quantitative estimate of drug-likeness (QED) is 0.834. The Morgan fingerprint density at radius 2 is 2.15 bits per heavy atom. The lowest BCUT2D eigenvalue weighted by molar-refractivity contribution is 0.0696. The number of carbonyl (C=O) groups is 1. The van der Waals surface area contributed by atoms with Gasteiger partial charge in [-0.2, -0.15) is 0 Å². The van der Waals surface area contributed by atoms with E-state index in [2.05, 4.69) is 15.0 Å². The van der Waals surface area contributed by atoms with Gasteiger partial charge in [0.1, 0.15) is 15.9 Å². The molecule has 1 aliphatic carbocycles. The summed E-state index contributed by atoms with van der Waals surface area (Å²) in [4.78, 5) is 33.5.